The van der Waals surface area contributed by atoms with E-state index in [0.717, 1.165) is 59.3 Å². The van der Waals surface area contributed by atoms with Crippen LogP contribution in [0.4, 0.5) is 11.4 Å². The third-order valence-electron chi connectivity index (χ3n) is 7.54. The molecule has 0 aliphatic heterocycles. The molecule has 216 valence electrons. The number of anilines is 2. The van der Waals surface area contributed by atoms with Gasteiger partial charge in [-0.3, -0.25) is 4.79 Å². The normalized spacial score (nSPS) is 16.9. The molecule has 7 nitrogen and oxygen atoms in total. The summed E-state index contributed by atoms with van der Waals surface area (Å²) >= 11 is 0. The quantitative estimate of drug-likeness (QED) is 0.241. The molecule has 3 aromatic rings. The van der Waals surface area contributed by atoms with Crippen molar-refractivity contribution in [3.05, 3.63) is 90.0 Å². The summed E-state index contributed by atoms with van der Waals surface area (Å²) in [5.41, 5.74) is 6.03. The molecule has 0 saturated heterocycles. The largest absolute Gasteiger partial charge is 0.466 e. The van der Waals surface area contributed by atoms with Crippen molar-refractivity contribution in [1.29, 1.82) is 0 Å². The van der Waals surface area contributed by atoms with Gasteiger partial charge >= 0.3 is 5.97 Å². The summed E-state index contributed by atoms with van der Waals surface area (Å²) in [6.07, 6.45) is 6.25. The summed E-state index contributed by atoms with van der Waals surface area (Å²) in [5.74, 6) is -0.448. The molecule has 0 bridgehead atoms. The fourth-order valence-electron chi connectivity index (χ4n) is 5.18. The summed E-state index contributed by atoms with van der Waals surface area (Å²) in [6, 6.07) is 24.5. The number of methoxy groups -OCH3 is 1. The molecule has 0 spiro atoms. The first-order valence-corrected chi connectivity index (χ1v) is 14.1. The predicted molar refractivity (Wildman–Crippen MR) is 164 cm³/mol. The van der Waals surface area contributed by atoms with Gasteiger partial charge in [-0.25, -0.2) is 4.79 Å². The van der Waals surface area contributed by atoms with Gasteiger partial charge in [0.1, 0.15) is 0 Å². The van der Waals surface area contributed by atoms with E-state index >= 15 is 0 Å². The van der Waals surface area contributed by atoms with Crippen LogP contribution in [-0.4, -0.2) is 57.5 Å². The van der Waals surface area contributed by atoms with Gasteiger partial charge in [-0.1, -0.05) is 48.5 Å². The third-order valence-corrected chi connectivity index (χ3v) is 7.54. The second kappa shape index (κ2) is 14.6. The number of benzene rings is 3. The number of nitrogens with zero attached hydrogens (tertiary/aromatic N) is 2. The Labute approximate surface area is 243 Å². The molecule has 0 heterocycles. The third kappa shape index (κ3) is 8.28. The van der Waals surface area contributed by atoms with Gasteiger partial charge in [0.25, 0.3) is 0 Å². The number of carbonyl (C=O) groups is 2. The summed E-state index contributed by atoms with van der Waals surface area (Å²) in [4.78, 5) is 29.5. The van der Waals surface area contributed by atoms with E-state index in [1.165, 1.54) is 13.2 Å². The number of amides is 1. The van der Waals surface area contributed by atoms with Crippen molar-refractivity contribution in [3.63, 3.8) is 0 Å². The standard InChI is InChI=1S/C34H40N2O5/c1-35(2)30-16-12-28(13-17-30)27-10-7-26(8-11-27)24-36(31-6-4-5-25(23-31)9-20-33(38)40-3)34(39)29-14-18-32(19-15-29)41-22-21-37/h4-13,16-17,20,23,29,32,37H,14-15,18-19,21-22,24H2,1-3H3/b20-9+. The lowest BCUT2D eigenvalue weighted by atomic mass is 9.86. The minimum absolute atomic E-state index is 0.00752. The first kappa shape index (κ1) is 30.0. The summed E-state index contributed by atoms with van der Waals surface area (Å²) in [7, 11) is 5.40. The van der Waals surface area contributed by atoms with Crippen molar-refractivity contribution in [2.45, 2.75) is 38.3 Å². The highest BCUT2D eigenvalue weighted by Gasteiger charge is 2.30. The molecule has 4 rings (SSSR count). The number of carbonyl (C=O) groups excluding carboxylic acids is 2. The topological polar surface area (TPSA) is 79.3 Å². The smallest absolute Gasteiger partial charge is 0.330 e. The number of ether oxygens (including phenoxy) is 2. The van der Waals surface area contributed by atoms with Gasteiger partial charge < -0.3 is 24.4 Å². The Bertz CT molecular complexity index is 1310. The van der Waals surface area contributed by atoms with Crippen LogP contribution in [0.5, 0.6) is 0 Å². The molecule has 1 aliphatic rings. The van der Waals surface area contributed by atoms with Gasteiger partial charge in [-0.2, -0.15) is 0 Å². The lowest BCUT2D eigenvalue weighted by molar-refractivity contribution is -0.134. The molecule has 3 aromatic carbocycles. The number of esters is 1. The number of aliphatic hydroxyl groups excluding tert-OH is 1. The Hall–Kier alpha value is -3.94. The fraction of sp³-hybridized carbons (Fsp3) is 0.353. The molecule has 1 aliphatic carbocycles. The van der Waals surface area contributed by atoms with Crippen LogP contribution < -0.4 is 9.80 Å². The Morgan fingerprint density at radius 1 is 0.902 bits per heavy atom. The molecule has 41 heavy (non-hydrogen) atoms. The Kier molecular flexibility index (Phi) is 10.7. The van der Waals surface area contributed by atoms with Crippen molar-refractivity contribution >= 4 is 29.3 Å². The van der Waals surface area contributed by atoms with Gasteiger partial charge in [-0.05, 0) is 78.3 Å². The molecule has 7 heteroatoms. The molecule has 1 N–H and O–H groups in total. The van der Waals surface area contributed by atoms with Gasteiger partial charge in [0.15, 0.2) is 0 Å². The van der Waals surface area contributed by atoms with Crippen LogP contribution in [0.1, 0.15) is 36.8 Å². The van der Waals surface area contributed by atoms with E-state index in [1.54, 1.807) is 6.08 Å². The molecule has 0 radical (unpaired) electrons. The van der Waals surface area contributed by atoms with Gasteiger partial charge in [0.2, 0.25) is 5.91 Å². The molecule has 1 saturated carbocycles. The Balaban J connectivity index is 1.55. The summed E-state index contributed by atoms with van der Waals surface area (Å²) in [6.45, 7) is 0.772. The highest BCUT2D eigenvalue weighted by atomic mass is 16.5. The van der Waals surface area contributed by atoms with Crippen molar-refractivity contribution in [2.75, 3.05) is 44.2 Å². The molecule has 1 fully saturated rings. The van der Waals surface area contributed by atoms with Gasteiger partial charge in [0, 0.05) is 37.5 Å². The summed E-state index contributed by atoms with van der Waals surface area (Å²) in [5, 5.41) is 9.08. The van der Waals surface area contributed by atoms with Crippen molar-refractivity contribution < 1.29 is 24.2 Å². The average molecular weight is 557 g/mol. The fourth-order valence-corrected chi connectivity index (χ4v) is 5.18. The zero-order chi connectivity index (χ0) is 29.2. The maximum absolute atomic E-state index is 14.0. The van der Waals surface area contributed by atoms with E-state index in [9.17, 15) is 9.59 Å². The average Bonchev–Trinajstić information content (AvgIpc) is 3.02. The number of rotatable bonds is 11. The van der Waals surface area contributed by atoms with Crippen LogP contribution in [0.15, 0.2) is 78.9 Å². The summed E-state index contributed by atoms with van der Waals surface area (Å²) < 4.78 is 10.4. The SMILES string of the molecule is COC(=O)/C=C/c1cccc(N(Cc2ccc(-c3ccc(N(C)C)cc3)cc2)C(=O)C2CCC(OCCO)CC2)c1. The van der Waals surface area contributed by atoms with Crippen LogP contribution >= 0.6 is 0 Å². The number of hydrogen-bond donors (Lipinski definition) is 1. The van der Waals surface area contributed by atoms with Crippen LogP contribution in [0.25, 0.3) is 17.2 Å². The number of hydrogen-bond acceptors (Lipinski definition) is 6. The first-order valence-electron chi connectivity index (χ1n) is 14.1. The van der Waals surface area contributed by atoms with Crippen molar-refractivity contribution in [1.82, 2.24) is 0 Å². The van der Waals surface area contributed by atoms with Gasteiger partial charge in [-0.15, -0.1) is 0 Å². The van der Waals surface area contributed by atoms with E-state index in [-0.39, 0.29) is 24.5 Å². The lowest BCUT2D eigenvalue weighted by Gasteiger charge is -2.32. The van der Waals surface area contributed by atoms with Crippen LogP contribution in [0, 0.1) is 5.92 Å². The number of aliphatic hydroxyl groups is 1. The van der Waals surface area contributed by atoms with Crippen molar-refractivity contribution in [2.24, 2.45) is 5.92 Å². The first-order chi connectivity index (χ1) is 19.9. The van der Waals surface area contributed by atoms with Crippen LogP contribution in [0.3, 0.4) is 0 Å². The molecule has 0 atom stereocenters. The maximum atomic E-state index is 14.0. The van der Waals surface area contributed by atoms with Crippen LogP contribution in [-0.2, 0) is 25.6 Å². The van der Waals surface area contributed by atoms with E-state index in [2.05, 4.69) is 53.4 Å². The maximum Gasteiger partial charge on any atom is 0.330 e. The van der Waals surface area contributed by atoms with Crippen molar-refractivity contribution in [3.8, 4) is 11.1 Å². The monoisotopic (exact) mass is 556 g/mol. The lowest BCUT2D eigenvalue weighted by Crippen LogP contribution is -2.38. The van der Waals surface area contributed by atoms with Crippen LogP contribution in [0.2, 0.25) is 0 Å². The molecule has 1 amide bonds. The zero-order valence-electron chi connectivity index (χ0n) is 24.2. The molecular weight excluding hydrogens is 516 g/mol. The highest BCUT2D eigenvalue weighted by molar-refractivity contribution is 5.95. The molecule has 0 aromatic heterocycles. The molecule has 0 unspecified atom stereocenters. The second-order valence-corrected chi connectivity index (χ2v) is 10.6. The predicted octanol–water partition coefficient (Wildman–Crippen LogP) is 5.71. The van der Waals surface area contributed by atoms with E-state index in [0.29, 0.717) is 13.2 Å². The van der Waals surface area contributed by atoms with E-state index < -0.39 is 5.97 Å². The highest BCUT2D eigenvalue weighted by Crippen LogP contribution is 2.31. The zero-order valence-corrected chi connectivity index (χ0v) is 24.2. The minimum Gasteiger partial charge on any atom is -0.466 e. The van der Waals surface area contributed by atoms with E-state index in [1.807, 2.05) is 43.3 Å². The minimum atomic E-state index is -0.431. The van der Waals surface area contributed by atoms with Gasteiger partial charge in [0.05, 0.1) is 33.0 Å². The second-order valence-electron chi connectivity index (χ2n) is 10.6. The van der Waals surface area contributed by atoms with E-state index in [4.69, 9.17) is 14.6 Å². The Morgan fingerprint density at radius 3 is 2.17 bits per heavy atom. The Morgan fingerprint density at radius 2 is 1.56 bits per heavy atom. The molecular formula is C34H40N2O5.